The molecule has 1 aromatic carbocycles. The third-order valence-corrected chi connectivity index (χ3v) is 3.02. The monoisotopic (exact) mass is 218 g/mol. The molecule has 0 unspecified atom stereocenters. The van der Waals surface area contributed by atoms with Crippen molar-refractivity contribution in [3.8, 4) is 0 Å². The van der Waals surface area contributed by atoms with Gasteiger partial charge in [-0.05, 0) is 18.9 Å². The SMILES string of the molecule is CC[C@@]1(c2ccc(C)cc2)NC(=O)NC1=O. The first kappa shape index (κ1) is 10.7. The summed E-state index contributed by atoms with van der Waals surface area (Å²) in [5.41, 5.74) is 1.05. The van der Waals surface area contributed by atoms with Crippen molar-refractivity contribution in [3.63, 3.8) is 0 Å². The van der Waals surface area contributed by atoms with Crippen molar-refractivity contribution in [1.29, 1.82) is 0 Å². The highest BCUT2D eigenvalue weighted by molar-refractivity contribution is 6.07. The van der Waals surface area contributed by atoms with Crippen molar-refractivity contribution in [2.45, 2.75) is 25.8 Å². The number of carbonyl (C=O) groups excluding carboxylic acids is 2. The van der Waals surface area contributed by atoms with Gasteiger partial charge in [-0.25, -0.2) is 4.79 Å². The van der Waals surface area contributed by atoms with Gasteiger partial charge in [0, 0.05) is 0 Å². The minimum atomic E-state index is -0.898. The van der Waals surface area contributed by atoms with Crippen molar-refractivity contribution >= 4 is 11.9 Å². The zero-order valence-electron chi connectivity index (χ0n) is 9.33. The number of benzene rings is 1. The van der Waals surface area contributed by atoms with Crippen LogP contribution in [0.1, 0.15) is 24.5 Å². The van der Waals surface area contributed by atoms with E-state index in [9.17, 15) is 9.59 Å². The number of urea groups is 1. The van der Waals surface area contributed by atoms with Crippen LogP contribution < -0.4 is 10.6 Å². The van der Waals surface area contributed by atoms with E-state index in [0.29, 0.717) is 6.42 Å². The lowest BCUT2D eigenvalue weighted by Crippen LogP contribution is -2.43. The van der Waals surface area contributed by atoms with Gasteiger partial charge in [-0.15, -0.1) is 0 Å². The summed E-state index contributed by atoms with van der Waals surface area (Å²) in [4.78, 5) is 23.1. The number of aryl methyl sites for hydroxylation is 1. The Balaban J connectivity index is 2.46. The first-order valence-electron chi connectivity index (χ1n) is 5.29. The lowest BCUT2D eigenvalue weighted by Gasteiger charge is -2.24. The van der Waals surface area contributed by atoms with Gasteiger partial charge in [-0.3, -0.25) is 10.1 Å². The number of imide groups is 1. The van der Waals surface area contributed by atoms with Gasteiger partial charge in [-0.2, -0.15) is 0 Å². The highest BCUT2D eigenvalue weighted by Gasteiger charge is 2.45. The highest BCUT2D eigenvalue weighted by atomic mass is 16.2. The molecule has 2 N–H and O–H groups in total. The third-order valence-electron chi connectivity index (χ3n) is 3.02. The fourth-order valence-electron chi connectivity index (χ4n) is 1.99. The number of rotatable bonds is 2. The number of nitrogens with one attached hydrogen (secondary N) is 2. The molecule has 1 heterocycles. The number of hydrogen-bond acceptors (Lipinski definition) is 2. The maximum Gasteiger partial charge on any atom is 0.322 e. The van der Waals surface area contributed by atoms with Gasteiger partial charge in [0.05, 0.1) is 0 Å². The molecular weight excluding hydrogens is 204 g/mol. The first-order chi connectivity index (χ1) is 7.58. The summed E-state index contributed by atoms with van der Waals surface area (Å²) in [5, 5.41) is 4.99. The largest absolute Gasteiger partial charge is 0.322 e. The van der Waals surface area contributed by atoms with E-state index in [1.807, 2.05) is 38.1 Å². The summed E-state index contributed by atoms with van der Waals surface area (Å²) in [6, 6.07) is 7.20. The molecule has 1 aliphatic rings. The normalized spacial score (nSPS) is 24.1. The van der Waals surface area contributed by atoms with Gasteiger partial charge in [-0.1, -0.05) is 36.8 Å². The van der Waals surface area contributed by atoms with Gasteiger partial charge in [0.2, 0.25) is 0 Å². The van der Waals surface area contributed by atoms with Crippen LogP contribution in [0.2, 0.25) is 0 Å². The Morgan fingerprint density at radius 3 is 2.25 bits per heavy atom. The molecule has 1 fully saturated rings. The molecule has 0 saturated carbocycles. The fourth-order valence-corrected chi connectivity index (χ4v) is 1.99. The zero-order chi connectivity index (χ0) is 11.8. The Kier molecular flexibility index (Phi) is 2.42. The zero-order valence-corrected chi connectivity index (χ0v) is 9.33. The van der Waals surface area contributed by atoms with Crippen LogP contribution in [0.25, 0.3) is 0 Å². The molecule has 1 saturated heterocycles. The Morgan fingerprint density at radius 2 is 1.81 bits per heavy atom. The number of carbonyl (C=O) groups is 2. The van der Waals surface area contributed by atoms with Gasteiger partial charge >= 0.3 is 6.03 Å². The van der Waals surface area contributed by atoms with Crippen LogP contribution in [0.15, 0.2) is 24.3 Å². The fraction of sp³-hybridized carbons (Fsp3) is 0.333. The lowest BCUT2D eigenvalue weighted by molar-refractivity contribution is -0.124. The van der Waals surface area contributed by atoms with Gasteiger partial charge in [0.15, 0.2) is 0 Å². The molecule has 0 spiro atoms. The Hall–Kier alpha value is -1.84. The predicted octanol–water partition coefficient (Wildman–Crippen LogP) is 1.44. The predicted molar refractivity (Wildman–Crippen MR) is 59.8 cm³/mol. The molecule has 1 aromatic rings. The molecule has 0 aromatic heterocycles. The molecule has 16 heavy (non-hydrogen) atoms. The van der Waals surface area contributed by atoms with Crippen molar-refractivity contribution in [3.05, 3.63) is 35.4 Å². The molecule has 0 aliphatic carbocycles. The molecule has 2 rings (SSSR count). The Morgan fingerprint density at radius 1 is 1.19 bits per heavy atom. The average molecular weight is 218 g/mol. The van der Waals surface area contributed by atoms with Crippen molar-refractivity contribution in [1.82, 2.24) is 10.6 Å². The molecule has 1 aliphatic heterocycles. The van der Waals surface area contributed by atoms with E-state index >= 15 is 0 Å². The molecule has 84 valence electrons. The standard InChI is InChI=1S/C12H14N2O2/c1-3-12(10(15)13-11(16)14-12)9-6-4-8(2)5-7-9/h4-7H,3H2,1-2H3,(H2,13,14,15,16)/t12-/m0/s1. The molecule has 4 heteroatoms. The molecule has 0 radical (unpaired) electrons. The van der Waals surface area contributed by atoms with E-state index in [2.05, 4.69) is 10.6 Å². The van der Waals surface area contributed by atoms with E-state index in [1.165, 1.54) is 0 Å². The highest BCUT2D eigenvalue weighted by Crippen LogP contribution is 2.28. The summed E-state index contributed by atoms with van der Waals surface area (Å²) in [7, 11) is 0. The summed E-state index contributed by atoms with van der Waals surface area (Å²) >= 11 is 0. The van der Waals surface area contributed by atoms with Crippen LogP contribution >= 0.6 is 0 Å². The van der Waals surface area contributed by atoms with E-state index < -0.39 is 11.6 Å². The number of hydrogen-bond donors (Lipinski definition) is 2. The molecule has 3 amide bonds. The van der Waals surface area contributed by atoms with E-state index in [-0.39, 0.29) is 5.91 Å². The quantitative estimate of drug-likeness (QED) is 0.738. The summed E-state index contributed by atoms with van der Waals surface area (Å²) in [6.45, 7) is 3.86. The summed E-state index contributed by atoms with van der Waals surface area (Å²) in [6.07, 6.45) is 0.535. The van der Waals surface area contributed by atoms with Gasteiger partial charge < -0.3 is 5.32 Å². The van der Waals surface area contributed by atoms with Crippen molar-refractivity contribution < 1.29 is 9.59 Å². The molecule has 0 bridgehead atoms. The Bertz CT molecular complexity index is 439. The minimum Gasteiger partial charge on any atom is -0.319 e. The second-order valence-corrected chi connectivity index (χ2v) is 4.03. The molecule has 4 nitrogen and oxygen atoms in total. The topological polar surface area (TPSA) is 58.2 Å². The van der Waals surface area contributed by atoms with E-state index in [4.69, 9.17) is 0 Å². The number of amides is 3. The van der Waals surface area contributed by atoms with Crippen LogP contribution in [0.5, 0.6) is 0 Å². The summed E-state index contributed by atoms with van der Waals surface area (Å²) < 4.78 is 0. The van der Waals surface area contributed by atoms with E-state index in [1.54, 1.807) is 0 Å². The van der Waals surface area contributed by atoms with Gasteiger partial charge in [0.1, 0.15) is 5.54 Å². The average Bonchev–Trinajstić information content (AvgIpc) is 2.55. The maximum absolute atomic E-state index is 11.8. The van der Waals surface area contributed by atoms with Crippen LogP contribution in [0.4, 0.5) is 4.79 Å². The van der Waals surface area contributed by atoms with Crippen molar-refractivity contribution in [2.24, 2.45) is 0 Å². The van der Waals surface area contributed by atoms with E-state index in [0.717, 1.165) is 11.1 Å². The second-order valence-electron chi connectivity index (χ2n) is 4.03. The lowest BCUT2D eigenvalue weighted by atomic mass is 9.87. The van der Waals surface area contributed by atoms with Gasteiger partial charge in [0.25, 0.3) is 5.91 Å². The molecular formula is C12H14N2O2. The Labute approximate surface area is 94.0 Å². The second kappa shape index (κ2) is 3.63. The van der Waals surface area contributed by atoms with Crippen LogP contribution in [0, 0.1) is 6.92 Å². The van der Waals surface area contributed by atoms with Crippen LogP contribution in [0.3, 0.4) is 0 Å². The summed E-state index contributed by atoms with van der Waals surface area (Å²) in [5.74, 6) is -0.274. The smallest absolute Gasteiger partial charge is 0.319 e. The van der Waals surface area contributed by atoms with Crippen LogP contribution in [-0.2, 0) is 10.3 Å². The third kappa shape index (κ3) is 1.46. The first-order valence-corrected chi connectivity index (χ1v) is 5.29. The molecule has 1 atom stereocenters. The maximum atomic E-state index is 11.8. The minimum absolute atomic E-state index is 0.274. The van der Waals surface area contributed by atoms with Crippen LogP contribution in [-0.4, -0.2) is 11.9 Å². The van der Waals surface area contributed by atoms with Crippen molar-refractivity contribution in [2.75, 3.05) is 0 Å².